The van der Waals surface area contributed by atoms with Crippen LogP contribution in [0.4, 0.5) is 4.39 Å². The van der Waals surface area contributed by atoms with Crippen LogP contribution < -0.4 is 5.32 Å². The van der Waals surface area contributed by atoms with Crippen LogP contribution in [-0.2, 0) is 6.42 Å². The molecule has 0 aliphatic carbocycles. The van der Waals surface area contributed by atoms with Gasteiger partial charge in [-0.1, -0.05) is 12.1 Å². The Bertz CT molecular complexity index is 569. The predicted octanol–water partition coefficient (Wildman–Crippen LogP) is 2.89. The molecule has 2 heterocycles. The van der Waals surface area contributed by atoms with E-state index in [0.29, 0.717) is 6.04 Å². The number of aryl methyl sites for hydroxylation is 1. The van der Waals surface area contributed by atoms with Crippen molar-refractivity contribution in [2.75, 3.05) is 39.3 Å². The van der Waals surface area contributed by atoms with Crippen molar-refractivity contribution in [1.82, 2.24) is 15.1 Å². The zero-order valence-electron chi connectivity index (χ0n) is 15.4. The number of nitrogens with one attached hydrogen (secondary N) is 1. The van der Waals surface area contributed by atoms with E-state index in [2.05, 4.69) is 22.0 Å². The maximum atomic E-state index is 13.2. The normalized spacial score (nSPS) is 21.9. The van der Waals surface area contributed by atoms with Crippen molar-refractivity contribution in [3.8, 4) is 0 Å². The molecule has 1 aromatic rings. The Morgan fingerprint density at radius 1 is 1.28 bits per heavy atom. The first-order chi connectivity index (χ1) is 12.3. The van der Waals surface area contributed by atoms with Crippen LogP contribution in [0.15, 0.2) is 29.3 Å². The van der Waals surface area contributed by atoms with Gasteiger partial charge in [0.2, 0.25) is 0 Å². The third-order valence-corrected chi connectivity index (χ3v) is 5.23. The summed E-state index contributed by atoms with van der Waals surface area (Å²) in [4.78, 5) is 9.87. The maximum absolute atomic E-state index is 13.2. The molecule has 1 N–H and O–H groups in total. The van der Waals surface area contributed by atoms with Crippen LogP contribution in [0, 0.1) is 5.82 Å². The minimum atomic E-state index is -0.153. The second-order valence-electron chi connectivity index (χ2n) is 7.10. The first kappa shape index (κ1) is 18.2. The molecule has 1 atom stereocenters. The van der Waals surface area contributed by atoms with Gasteiger partial charge in [-0.2, -0.15) is 0 Å². The van der Waals surface area contributed by atoms with Gasteiger partial charge in [-0.3, -0.25) is 9.89 Å². The van der Waals surface area contributed by atoms with Gasteiger partial charge in [0.25, 0.3) is 0 Å². The number of likely N-dealkylation sites (tertiary alicyclic amines) is 2. The lowest BCUT2D eigenvalue weighted by atomic mass is 10.1. The molecule has 1 aromatic carbocycles. The van der Waals surface area contributed by atoms with E-state index in [0.717, 1.165) is 50.5 Å². The molecule has 0 spiro atoms. The van der Waals surface area contributed by atoms with Crippen LogP contribution in [0.1, 0.15) is 38.2 Å². The highest BCUT2D eigenvalue weighted by molar-refractivity contribution is 5.80. The molecule has 0 radical (unpaired) electrons. The Kier molecular flexibility index (Phi) is 6.68. The smallest absolute Gasteiger partial charge is 0.193 e. The van der Waals surface area contributed by atoms with E-state index in [9.17, 15) is 4.39 Å². The van der Waals surface area contributed by atoms with Crippen LogP contribution >= 0.6 is 0 Å². The fourth-order valence-corrected chi connectivity index (χ4v) is 3.93. The Labute approximate surface area is 151 Å². The summed E-state index contributed by atoms with van der Waals surface area (Å²) in [6.07, 6.45) is 5.77. The van der Waals surface area contributed by atoms with E-state index < -0.39 is 0 Å². The van der Waals surface area contributed by atoms with Gasteiger partial charge < -0.3 is 10.2 Å². The van der Waals surface area contributed by atoms with Crippen molar-refractivity contribution in [2.24, 2.45) is 4.99 Å². The van der Waals surface area contributed by atoms with Crippen LogP contribution in [0.3, 0.4) is 0 Å². The molecule has 0 aromatic heterocycles. The Balaban J connectivity index is 1.49. The second-order valence-corrected chi connectivity index (χ2v) is 7.10. The number of hydrogen-bond donors (Lipinski definition) is 1. The summed E-state index contributed by atoms with van der Waals surface area (Å²) in [6, 6.07) is 7.57. The number of aliphatic imine (C=N–C) groups is 1. The number of guanidine groups is 1. The van der Waals surface area contributed by atoms with Crippen molar-refractivity contribution in [3.63, 3.8) is 0 Å². The molecule has 3 rings (SSSR count). The number of halogens is 1. The summed E-state index contributed by atoms with van der Waals surface area (Å²) in [5.74, 6) is 0.891. The summed E-state index contributed by atoms with van der Waals surface area (Å²) in [5, 5.41) is 3.44. The van der Waals surface area contributed by atoms with Crippen LogP contribution in [0.5, 0.6) is 0 Å². The third kappa shape index (κ3) is 5.18. The first-order valence-electron chi connectivity index (χ1n) is 9.78. The molecule has 2 saturated heterocycles. The Hall–Kier alpha value is -1.62. The molecule has 2 aliphatic rings. The molecule has 138 valence electrons. The van der Waals surface area contributed by atoms with Gasteiger partial charge in [-0.25, -0.2) is 4.39 Å². The van der Waals surface area contributed by atoms with Crippen molar-refractivity contribution in [2.45, 2.75) is 45.1 Å². The van der Waals surface area contributed by atoms with Crippen molar-refractivity contribution < 1.29 is 4.39 Å². The summed E-state index contributed by atoms with van der Waals surface area (Å²) >= 11 is 0. The fraction of sp³-hybridized carbons (Fsp3) is 0.650. The highest BCUT2D eigenvalue weighted by Crippen LogP contribution is 2.20. The molecule has 2 aliphatic heterocycles. The molecule has 0 saturated carbocycles. The van der Waals surface area contributed by atoms with Crippen molar-refractivity contribution >= 4 is 5.96 Å². The molecule has 0 amide bonds. The van der Waals surface area contributed by atoms with Gasteiger partial charge in [0.1, 0.15) is 5.82 Å². The molecule has 25 heavy (non-hydrogen) atoms. The van der Waals surface area contributed by atoms with E-state index in [1.165, 1.54) is 38.4 Å². The van der Waals surface area contributed by atoms with Crippen molar-refractivity contribution in [1.29, 1.82) is 0 Å². The molecular formula is C20H31FN4. The summed E-state index contributed by atoms with van der Waals surface area (Å²) in [6.45, 7) is 8.51. The second kappa shape index (κ2) is 9.18. The summed E-state index contributed by atoms with van der Waals surface area (Å²) < 4.78 is 13.2. The quantitative estimate of drug-likeness (QED) is 0.488. The highest BCUT2D eigenvalue weighted by Gasteiger charge is 2.30. The lowest BCUT2D eigenvalue weighted by Crippen LogP contribution is -2.42. The van der Waals surface area contributed by atoms with Gasteiger partial charge in [0.05, 0.1) is 0 Å². The number of rotatable bonds is 6. The topological polar surface area (TPSA) is 30.9 Å². The first-order valence-corrected chi connectivity index (χ1v) is 9.78. The molecular weight excluding hydrogens is 315 g/mol. The zero-order chi connectivity index (χ0) is 17.5. The summed E-state index contributed by atoms with van der Waals surface area (Å²) in [5.41, 5.74) is 1.05. The standard InChI is InChI=1S/C20H31FN4/c1-2-22-20(23-11-6-8-17-7-5-9-18(21)15-17)25-14-10-19(16-25)24-12-3-4-13-24/h5,7,9,15,19H,2-4,6,8,10-14,16H2,1H3,(H,22,23). The molecule has 2 fully saturated rings. The van der Waals surface area contributed by atoms with Crippen molar-refractivity contribution in [3.05, 3.63) is 35.6 Å². The average Bonchev–Trinajstić information content (AvgIpc) is 3.28. The number of hydrogen-bond acceptors (Lipinski definition) is 2. The van der Waals surface area contributed by atoms with E-state index in [1.54, 1.807) is 12.1 Å². The van der Waals surface area contributed by atoms with E-state index >= 15 is 0 Å². The van der Waals surface area contributed by atoms with Crippen LogP contribution in [0.25, 0.3) is 0 Å². The molecule has 4 nitrogen and oxygen atoms in total. The number of nitrogens with zero attached hydrogens (tertiary/aromatic N) is 3. The minimum absolute atomic E-state index is 0.153. The average molecular weight is 346 g/mol. The van der Waals surface area contributed by atoms with Crippen LogP contribution in [-0.4, -0.2) is 61.1 Å². The van der Waals surface area contributed by atoms with Crippen LogP contribution in [0.2, 0.25) is 0 Å². The zero-order valence-corrected chi connectivity index (χ0v) is 15.4. The van der Waals surface area contributed by atoms with Gasteiger partial charge in [-0.15, -0.1) is 0 Å². The molecule has 0 bridgehead atoms. The minimum Gasteiger partial charge on any atom is -0.357 e. The van der Waals surface area contributed by atoms with E-state index in [4.69, 9.17) is 4.99 Å². The summed E-state index contributed by atoms with van der Waals surface area (Å²) in [7, 11) is 0. The fourth-order valence-electron chi connectivity index (χ4n) is 3.93. The monoisotopic (exact) mass is 346 g/mol. The van der Waals surface area contributed by atoms with Gasteiger partial charge in [-0.05, 0) is 69.8 Å². The Morgan fingerprint density at radius 2 is 2.12 bits per heavy atom. The van der Waals surface area contributed by atoms with Gasteiger partial charge >= 0.3 is 0 Å². The molecule has 1 unspecified atom stereocenters. The third-order valence-electron chi connectivity index (χ3n) is 5.23. The SMILES string of the molecule is CCNC(=NCCCc1cccc(F)c1)N1CCC(N2CCCC2)C1. The lowest BCUT2D eigenvalue weighted by molar-refractivity contribution is 0.249. The maximum Gasteiger partial charge on any atom is 0.193 e. The van der Waals surface area contributed by atoms with Gasteiger partial charge in [0.15, 0.2) is 5.96 Å². The van der Waals surface area contributed by atoms with E-state index in [1.807, 2.05) is 6.07 Å². The largest absolute Gasteiger partial charge is 0.357 e. The Morgan fingerprint density at radius 3 is 2.88 bits per heavy atom. The highest BCUT2D eigenvalue weighted by atomic mass is 19.1. The molecule has 5 heteroatoms. The van der Waals surface area contributed by atoms with E-state index in [-0.39, 0.29) is 5.82 Å². The lowest BCUT2D eigenvalue weighted by Gasteiger charge is -2.25. The predicted molar refractivity (Wildman–Crippen MR) is 101 cm³/mol. The number of benzene rings is 1. The van der Waals surface area contributed by atoms with Gasteiger partial charge in [0, 0.05) is 32.2 Å².